The van der Waals surface area contributed by atoms with Crippen molar-refractivity contribution in [1.82, 2.24) is 0 Å². The molecular weight excluding hydrogens is 164 g/mol. The molecule has 0 unspecified atom stereocenters. The van der Waals surface area contributed by atoms with Crippen molar-refractivity contribution in [3.63, 3.8) is 0 Å². The molecule has 2 N–H and O–H groups in total. The molecule has 0 heterocycles. The number of rotatable bonds is 0. The van der Waals surface area contributed by atoms with Gasteiger partial charge in [0.2, 0.25) is 0 Å². The lowest BCUT2D eigenvalue weighted by Crippen LogP contribution is -2.42. The molecule has 5 saturated carbocycles. The second-order valence-electron chi connectivity index (χ2n) is 5.37. The van der Waals surface area contributed by atoms with Gasteiger partial charge in [-0.25, -0.2) is 0 Å². The van der Waals surface area contributed by atoms with E-state index in [9.17, 15) is 10.2 Å². The molecule has 0 aromatic rings. The first-order chi connectivity index (χ1) is 6.24. The average Bonchev–Trinajstić information content (AvgIpc) is 2.36. The zero-order valence-corrected chi connectivity index (χ0v) is 7.89. The highest BCUT2D eigenvalue weighted by Crippen LogP contribution is 2.52. The number of fused-ring (bicyclic) bond motifs is 2. The third kappa shape index (κ3) is 1.15. The van der Waals surface area contributed by atoms with Crippen LogP contribution in [0.1, 0.15) is 32.1 Å². The number of aliphatic hydroxyl groups excluding tert-OH is 2. The lowest BCUT2D eigenvalue weighted by Gasteiger charge is -2.41. The largest absolute Gasteiger partial charge is 0.393 e. The van der Waals surface area contributed by atoms with Crippen LogP contribution in [0.3, 0.4) is 0 Å². The molecule has 6 atom stereocenters. The summed E-state index contributed by atoms with van der Waals surface area (Å²) in [5, 5.41) is 19.8. The summed E-state index contributed by atoms with van der Waals surface area (Å²) in [6.45, 7) is 0. The highest BCUT2D eigenvalue weighted by atomic mass is 16.3. The van der Waals surface area contributed by atoms with Crippen LogP contribution < -0.4 is 0 Å². The Morgan fingerprint density at radius 2 is 1.08 bits per heavy atom. The van der Waals surface area contributed by atoms with Gasteiger partial charge in [0.1, 0.15) is 0 Å². The molecule has 0 radical (unpaired) electrons. The molecule has 0 aliphatic heterocycles. The van der Waals surface area contributed by atoms with Gasteiger partial charge in [-0.15, -0.1) is 0 Å². The molecule has 2 heteroatoms. The van der Waals surface area contributed by atoms with E-state index in [1.807, 2.05) is 0 Å². The summed E-state index contributed by atoms with van der Waals surface area (Å²) in [6, 6.07) is 0. The lowest BCUT2D eigenvalue weighted by atomic mass is 9.68. The third-order valence-corrected chi connectivity index (χ3v) is 4.57. The van der Waals surface area contributed by atoms with Crippen LogP contribution in [0.4, 0.5) is 0 Å². The van der Waals surface area contributed by atoms with Crippen LogP contribution in [0.25, 0.3) is 0 Å². The Bertz CT molecular complexity index is 194. The van der Waals surface area contributed by atoms with Gasteiger partial charge in [-0.05, 0) is 55.8 Å². The minimum absolute atomic E-state index is 0.108. The molecular formula is C11H18O2. The maximum absolute atomic E-state index is 9.91. The van der Waals surface area contributed by atoms with E-state index in [-0.39, 0.29) is 12.2 Å². The standard InChI is InChI=1S/C11H18O2/c12-10-5-7-1-6-2-8(10)9(3-7)11(13)4-6/h6-13H,1-5H2/t6-,7-,8+,9+,10-,11+/m1/s1. The molecule has 4 bridgehead atoms. The first-order valence-electron chi connectivity index (χ1n) is 5.60. The van der Waals surface area contributed by atoms with Crippen LogP contribution in [-0.2, 0) is 0 Å². The van der Waals surface area contributed by atoms with E-state index in [4.69, 9.17) is 0 Å². The first-order valence-corrected chi connectivity index (χ1v) is 5.60. The van der Waals surface area contributed by atoms with Crippen molar-refractivity contribution in [2.24, 2.45) is 23.7 Å². The van der Waals surface area contributed by atoms with Gasteiger partial charge in [0.25, 0.3) is 0 Å². The summed E-state index contributed by atoms with van der Waals surface area (Å²) in [6.07, 6.45) is 5.42. The molecule has 0 spiro atoms. The topological polar surface area (TPSA) is 40.5 Å². The molecule has 5 aliphatic rings. The molecule has 0 saturated heterocycles. The fourth-order valence-electron chi connectivity index (χ4n) is 4.09. The van der Waals surface area contributed by atoms with E-state index >= 15 is 0 Å². The Hall–Kier alpha value is -0.0800. The van der Waals surface area contributed by atoms with Crippen LogP contribution in [0, 0.1) is 23.7 Å². The van der Waals surface area contributed by atoms with Gasteiger partial charge in [-0.2, -0.15) is 0 Å². The van der Waals surface area contributed by atoms with E-state index < -0.39 is 0 Å². The Balaban J connectivity index is 1.95. The van der Waals surface area contributed by atoms with E-state index in [2.05, 4.69) is 0 Å². The molecule has 5 rings (SSSR count). The van der Waals surface area contributed by atoms with Crippen LogP contribution in [0.15, 0.2) is 0 Å². The molecule has 74 valence electrons. The molecule has 0 aromatic heterocycles. The fraction of sp³-hybridized carbons (Fsp3) is 1.00. The van der Waals surface area contributed by atoms with Gasteiger partial charge in [-0.3, -0.25) is 0 Å². The van der Waals surface area contributed by atoms with Crippen molar-refractivity contribution in [2.75, 3.05) is 0 Å². The molecule has 5 fully saturated rings. The van der Waals surface area contributed by atoms with Gasteiger partial charge in [0.15, 0.2) is 0 Å². The molecule has 2 nitrogen and oxygen atoms in total. The number of hydrogen-bond donors (Lipinski definition) is 2. The van der Waals surface area contributed by atoms with Crippen molar-refractivity contribution >= 4 is 0 Å². The predicted octanol–water partition coefficient (Wildman–Crippen LogP) is 1.16. The van der Waals surface area contributed by atoms with Crippen LogP contribution in [-0.4, -0.2) is 22.4 Å². The molecule has 13 heavy (non-hydrogen) atoms. The highest BCUT2D eigenvalue weighted by molar-refractivity contribution is 4.99. The van der Waals surface area contributed by atoms with E-state index in [1.54, 1.807) is 0 Å². The molecule has 5 aliphatic carbocycles. The van der Waals surface area contributed by atoms with Crippen molar-refractivity contribution in [3.05, 3.63) is 0 Å². The first kappa shape index (κ1) is 8.25. The van der Waals surface area contributed by atoms with Crippen LogP contribution >= 0.6 is 0 Å². The summed E-state index contributed by atoms with van der Waals surface area (Å²) in [4.78, 5) is 0. The summed E-state index contributed by atoms with van der Waals surface area (Å²) in [5.74, 6) is 2.27. The second kappa shape index (κ2) is 2.71. The van der Waals surface area contributed by atoms with E-state index in [0.717, 1.165) is 12.8 Å². The third-order valence-electron chi connectivity index (χ3n) is 4.57. The minimum atomic E-state index is -0.108. The monoisotopic (exact) mass is 182 g/mol. The summed E-state index contributed by atoms with van der Waals surface area (Å²) in [7, 11) is 0. The highest BCUT2D eigenvalue weighted by Gasteiger charge is 2.48. The van der Waals surface area contributed by atoms with Crippen molar-refractivity contribution in [2.45, 2.75) is 44.3 Å². The van der Waals surface area contributed by atoms with E-state index in [0.29, 0.717) is 23.7 Å². The van der Waals surface area contributed by atoms with Crippen molar-refractivity contribution in [1.29, 1.82) is 0 Å². The zero-order valence-electron chi connectivity index (χ0n) is 7.89. The zero-order chi connectivity index (χ0) is 9.00. The quantitative estimate of drug-likeness (QED) is 0.590. The molecule has 0 amide bonds. The van der Waals surface area contributed by atoms with E-state index in [1.165, 1.54) is 19.3 Å². The Kier molecular flexibility index (Phi) is 1.72. The normalized spacial score (nSPS) is 59.5. The van der Waals surface area contributed by atoms with Gasteiger partial charge in [0.05, 0.1) is 12.2 Å². The van der Waals surface area contributed by atoms with Crippen molar-refractivity contribution in [3.8, 4) is 0 Å². The Morgan fingerprint density at radius 3 is 1.54 bits per heavy atom. The summed E-state index contributed by atoms with van der Waals surface area (Å²) in [5.41, 5.74) is 0. The molecule has 0 aromatic carbocycles. The Morgan fingerprint density at radius 1 is 0.615 bits per heavy atom. The van der Waals surface area contributed by atoms with Crippen LogP contribution in [0.5, 0.6) is 0 Å². The number of hydrogen-bond acceptors (Lipinski definition) is 2. The second-order valence-corrected chi connectivity index (χ2v) is 5.37. The minimum Gasteiger partial charge on any atom is -0.393 e. The predicted molar refractivity (Wildman–Crippen MR) is 49.1 cm³/mol. The van der Waals surface area contributed by atoms with Crippen LogP contribution in [0.2, 0.25) is 0 Å². The van der Waals surface area contributed by atoms with Gasteiger partial charge >= 0.3 is 0 Å². The van der Waals surface area contributed by atoms with Gasteiger partial charge < -0.3 is 10.2 Å². The number of aliphatic hydroxyl groups is 2. The lowest BCUT2D eigenvalue weighted by molar-refractivity contribution is -0.0564. The smallest absolute Gasteiger partial charge is 0.0574 e. The van der Waals surface area contributed by atoms with Gasteiger partial charge in [-0.1, -0.05) is 0 Å². The summed E-state index contributed by atoms with van der Waals surface area (Å²) >= 11 is 0. The Labute approximate surface area is 79.0 Å². The maximum atomic E-state index is 9.91. The average molecular weight is 182 g/mol. The maximum Gasteiger partial charge on any atom is 0.0574 e. The van der Waals surface area contributed by atoms with Gasteiger partial charge in [0, 0.05) is 0 Å². The fourth-order valence-corrected chi connectivity index (χ4v) is 4.09. The summed E-state index contributed by atoms with van der Waals surface area (Å²) < 4.78 is 0. The SMILES string of the molecule is O[C@@H]1C[C@@H]2C[C@@H]3C[C@H]1[C@H](C2)[C@@H](O)C3. The van der Waals surface area contributed by atoms with Crippen molar-refractivity contribution < 1.29 is 10.2 Å².